The minimum absolute atomic E-state index is 0.788. The van der Waals surface area contributed by atoms with E-state index in [9.17, 15) is 0 Å². The maximum atomic E-state index is 4.64. The first-order valence-corrected chi connectivity index (χ1v) is 5.61. The van der Waals surface area contributed by atoms with Crippen LogP contribution in [0.5, 0.6) is 0 Å². The summed E-state index contributed by atoms with van der Waals surface area (Å²) in [5.74, 6) is 0.788. The van der Waals surface area contributed by atoms with E-state index in [4.69, 9.17) is 0 Å². The monoisotopic (exact) mass is 208 g/mol. The Morgan fingerprint density at radius 1 is 1.57 bits per heavy atom. The summed E-state index contributed by atoms with van der Waals surface area (Å²) in [6.45, 7) is 4.23. The van der Waals surface area contributed by atoms with Gasteiger partial charge in [-0.2, -0.15) is 12.6 Å². The summed E-state index contributed by atoms with van der Waals surface area (Å²) in [5, 5.41) is 0. The molecule has 0 aromatic carbocycles. The van der Waals surface area contributed by atoms with E-state index < -0.39 is 0 Å². The predicted octanol–water partition coefficient (Wildman–Crippen LogP) is 1.81. The molecule has 0 saturated carbocycles. The van der Waals surface area contributed by atoms with Crippen LogP contribution in [-0.2, 0) is 18.7 Å². The summed E-state index contributed by atoms with van der Waals surface area (Å²) in [6, 6.07) is 2.26. The molecule has 1 aromatic rings. The van der Waals surface area contributed by atoms with Gasteiger partial charge in [0.2, 0.25) is 0 Å². The van der Waals surface area contributed by atoms with Crippen LogP contribution in [0.15, 0.2) is 6.07 Å². The molecule has 2 nitrogen and oxygen atoms in total. The van der Waals surface area contributed by atoms with Gasteiger partial charge in [-0.25, -0.2) is 0 Å². The van der Waals surface area contributed by atoms with Crippen molar-refractivity contribution in [2.24, 2.45) is 0 Å². The lowest BCUT2D eigenvalue weighted by Crippen LogP contribution is -2.27. The molecule has 2 rings (SSSR count). The molecule has 2 heterocycles. The van der Waals surface area contributed by atoms with Crippen LogP contribution in [0.3, 0.4) is 0 Å². The molecular formula is C11H16N2S. The molecule has 76 valence electrons. The van der Waals surface area contributed by atoms with E-state index in [1.165, 1.54) is 16.8 Å². The quantitative estimate of drug-likeness (QED) is 0.709. The van der Waals surface area contributed by atoms with Gasteiger partial charge in [-0.15, -0.1) is 0 Å². The molecule has 1 aromatic heterocycles. The van der Waals surface area contributed by atoms with Gasteiger partial charge >= 0.3 is 0 Å². The highest BCUT2D eigenvalue weighted by Gasteiger charge is 2.15. The van der Waals surface area contributed by atoms with Gasteiger partial charge in [0.05, 0.1) is 0 Å². The Labute approximate surface area is 90.7 Å². The smallest absolute Gasteiger partial charge is 0.0464 e. The maximum absolute atomic E-state index is 4.64. The van der Waals surface area contributed by atoms with E-state index in [0.717, 1.165) is 31.0 Å². The van der Waals surface area contributed by atoms with Crippen molar-refractivity contribution in [1.29, 1.82) is 0 Å². The van der Waals surface area contributed by atoms with Crippen molar-refractivity contribution in [3.8, 4) is 0 Å². The van der Waals surface area contributed by atoms with Crippen LogP contribution in [0.25, 0.3) is 0 Å². The summed E-state index contributed by atoms with van der Waals surface area (Å²) in [4.78, 5) is 6.98. The Morgan fingerprint density at radius 3 is 3.07 bits per heavy atom. The third-order valence-electron chi connectivity index (χ3n) is 2.83. The highest BCUT2D eigenvalue weighted by Crippen LogP contribution is 2.20. The molecule has 0 aliphatic carbocycles. The molecular weight excluding hydrogens is 192 g/mol. The van der Waals surface area contributed by atoms with Crippen molar-refractivity contribution in [1.82, 2.24) is 9.88 Å². The van der Waals surface area contributed by atoms with Gasteiger partial charge in [-0.1, -0.05) is 6.07 Å². The van der Waals surface area contributed by atoms with Gasteiger partial charge in [-0.05, 0) is 25.1 Å². The molecule has 1 aliphatic heterocycles. The number of fused-ring (bicyclic) bond motifs is 1. The second kappa shape index (κ2) is 3.91. The molecule has 0 unspecified atom stereocenters. The fraction of sp³-hybridized carbons (Fsp3) is 0.545. The molecule has 0 amide bonds. The van der Waals surface area contributed by atoms with Crippen LogP contribution < -0.4 is 0 Å². The standard InChI is InChI=1S/C11H16N2S/c1-8-10(7-14)5-9-6-13(2)4-3-11(9)12-8/h5,14H,3-4,6-7H2,1-2H3. The number of likely N-dealkylation sites (N-methyl/N-ethyl adjacent to an activating group) is 1. The normalized spacial score (nSPS) is 16.8. The molecule has 14 heavy (non-hydrogen) atoms. The zero-order chi connectivity index (χ0) is 10.1. The van der Waals surface area contributed by atoms with E-state index in [1.807, 2.05) is 0 Å². The summed E-state index contributed by atoms with van der Waals surface area (Å²) in [6.07, 6.45) is 1.08. The number of aryl methyl sites for hydroxylation is 1. The highest BCUT2D eigenvalue weighted by molar-refractivity contribution is 7.79. The Balaban J connectivity index is 2.41. The van der Waals surface area contributed by atoms with Crippen molar-refractivity contribution in [2.45, 2.75) is 25.6 Å². The number of aromatic nitrogens is 1. The first-order valence-electron chi connectivity index (χ1n) is 4.98. The van der Waals surface area contributed by atoms with Crippen molar-refractivity contribution < 1.29 is 0 Å². The van der Waals surface area contributed by atoms with Crippen molar-refractivity contribution in [2.75, 3.05) is 13.6 Å². The number of hydrogen-bond donors (Lipinski definition) is 1. The molecule has 0 fully saturated rings. The van der Waals surface area contributed by atoms with Gasteiger partial charge in [0, 0.05) is 36.7 Å². The van der Waals surface area contributed by atoms with E-state index in [2.05, 4.69) is 42.6 Å². The van der Waals surface area contributed by atoms with Crippen LogP contribution in [0.1, 0.15) is 22.5 Å². The second-order valence-electron chi connectivity index (χ2n) is 3.98. The van der Waals surface area contributed by atoms with Crippen molar-refractivity contribution >= 4 is 12.6 Å². The van der Waals surface area contributed by atoms with Crippen LogP contribution in [0, 0.1) is 6.92 Å². The summed E-state index contributed by atoms with van der Waals surface area (Å²) >= 11 is 4.32. The number of thiol groups is 1. The van der Waals surface area contributed by atoms with Crippen LogP contribution in [-0.4, -0.2) is 23.5 Å². The molecule has 3 heteroatoms. The predicted molar refractivity (Wildman–Crippen MR) is 61.7 cm³/mol. The van der Waals surface area contributed by atoms with E-state index in [-0.39, 0.29) is 0 Å². The lowest BCUT2D eigenvalue weighted by Gasteiger charge is -2.25. The van der Waals surface area contributed by atoms with Gasteiger partial charge in [0.1, 0.15) is 0 Å². The van der Waals surface area contributed by atoms with E-state index in [1.54, 1.807) is 0 Å². The van der Waals surface area contributed by atoms with Crippen molar-refractivity contribution in [3.05, 3.63) is 28.6 Å². The lowest BCUT2D eigenvalue weighted by molar-refractivity contribution is 0.309. The largest absolute Gasteiger partial charge is 0.302 e. The van der Waals surface area contributed by atoms with Gasteiger partial charge in [0.25, 0.3) is 0 Å². The van der Waals surface area contributed by atoms with Crippen LogP contribution in [0.4, 0.5) is 0 Å². The Hall–Kier alpha value is -0.540. The minimum Gasteiger partial charge on any atom is -0.302 e. The van der Waals surface area contributed by atoms with Gasteiger partial charge in [0.15, 0.2) is 0 Å². The molecule has 0 saturated heterocycles. The fourth-order valence-corrected chi connectivity index (χ4v) is 2.24. The minimum atomic E-state index is 0.788. The zero-order valence-corrected chi connectivity index (χ0v) is 9.64. The van der Waals surface area contributed by atoms with Crippen LogP contribution in [0.2, 0.25) is 0 Å². The highest BCUT2D eigenvalue weighted by atomic mass is 32.1. The topological polar surface area (TPSA) is 16.1 Å². The molecule has 0 bridgehead atoms. The van der Waals surface area contributed by atoms with Crippen LogP contribution >= 0.6 is 12.6 Å². The first-order chi connectivity index (χ1) is 6.70. The molecule has 0 atom stereocenters. The second-order valence-corrected chi connectivity index (χ2v) is 4.30. The average Bonchev–Trinajstić information content (AvgIpc) is 2.17. The maximum Gasteiger partial charge on any atom is 0.0464 e. The van der Waals surface area contributed by atoms with Crippen molar-refractivity contribution in [3.63, 3.8) is 0 Å². The SMILES string of the molecule is Cc1nc2c(cc1CS)CN(C)CC2. The average molecular weight is 208 g/mol. The molecule has 0 spiro atoms. The lowest BCUT2D eigenvalue weighted by atomic mass is 10.0. The van der Waals surface area contributed by atoms with E-state index >= 15 is 0 Å². The summed E-state index contributed by atoms with van der Waals surface area (Å²) < 4.78 is 0. The Kier molecular flexibility index (Phi) is 2.79. The summed E-state index contributed by atoms with van der Waals surface area (Å²) in [5.41, 5.74) is 5.07. The molecule has 0 radical (unpaired) electrons. The molecule has 1 aliphatic rings. The first kappa shape index (κ1) is 9.99. The Bertz CT molecular complexity index is 349. The zero-order valence-electron chi connectivity index (χ0n) is 8.75. The summed E-state index contributed by atoms with van der Waals surface area (Å²) in [7, 11) is 2.16. The third kappa shape index (κ3) is 1.79. The third-order valence-corrected chi connectivity index (χ3v) is 3.17. The number of hydrogen-bond acceptors (Lipinski definition) is 3. The fourth-order valence-electron chi connectivity index (χ4n) is 1.92. The van der Waals surface area contributed by atoms with Gasteiger partial charge in [-0.3, -0.25) is 4.98 Å². The number of pyridine rings is 1. The molecule has 0 N–H and O–H groups in total. The number of nitrogens with zero attached hydrogens (tertiary/aromatic N) is 2. The van der Waals surface area contributed by atoms with Gasteiger partial charge < -0.3 is 4.90 Å². The Morgan fingerprint density at radius 2 is 2.36 bits per heavy atom. The van der Waals surface area contributed by atoms with E-state index in [0.29, 0.717) is 0 Å². The number of rotatable bonds is 1.